The predicted octanol–water partition coefficient (Wildman–Crippen LogP) is 1.73. The molecule has 2 rings (SSSR count). The van der Waals surface area contributed by atoms with Gasteiger partial charge in [-0.3, -0.25) is 0 Å². The fourth-order valence-electron chi connectivity index (χ4n) is 1.91. The Kier molecular flexibility index (Phi) is 6.57. The molecule has 0 saturated carbocycles. The third-order valence-corrected chi connectivity index (χ3v) is 3.88. The first-order chi connectivity index (χ1) is 8.67. The maximum absolute atomic E-state index is 8.12. The van der Waals surface area contributed by atoms with E-state index in [1.165, 1.54) is 12.8 Å². The van der Waals surface area contributed by atoms with Crippen molar-refractivity contribution in [1.29, 1.82) is 0 Å². The third kappa shape index (κ3) is 4.96. The highest BCUT2D eigenvalue weighted by Gasteiger charge is 2.16. The van der Waals surface area contributed by atoms with Crippen LogP contribution in [0.2, 0.25) is 0 Å². The second-order valence-corrected chi connectivity index (χ2v) is 5.13. The average molecular weight is 270 g/mol. The van der Waals surface area contributed by atoms with Gasteiger partial charge in [0.15, 0.2) is 5.13 Å². The van der Waals surface area contributed by atoms with E-state index in [1.54, 1.807) is 11.3 Å². The Morgan fingerprint density at radius 3 is 2.61 bits per heavy atom. The van der Waals surface area contributed by atoms with E-state index in [2.05, 4.69) is 22.3 Å². The van der Waals surface area contributed by atoms with Crippen LogP contribution in [-0.2, 0) is 14.3 Å². The summed E-state index contributed by atoms with van der Waals surface area (Å²) < 4.78 is 5.36. The summed E-state index contributed by atoms with van der Waals surface area (Å²) in [7, 11) is 2.13. The molecule has 0 atom stereocenters. The van der Waals surface area contributed by atoms with Crippen molar-refractivity contribution < 1.29 is 14.3 Å². The number of aromatic nitrogens is 1. The van der Waals surface area contributed by atoms with Crippen molar-refractivity contribution in [2.45, 2.75) is 19.8 Å². The van der Waals surface area contributed by atoms with Gasteiger partial charge in [-0.1, -0.05) is 0 Å². The summed E-state index contributed by atoms with van der Waals surface area (Å²) in [6.07, 6.45) is 2.63. The molecule has 0 spiro atoms. The molecule has 18 heavy (non-hydrogen) atoms. The highest BCUT2D eigenvalue weighted by molar-refractivity contribution is 7.13. The molecule has 1 aliphatic heterocycles. The van der Waals surface area contributed by atoms with Crippen LogP contribution in [0.1, 0.15) is 18.5 Å². The van der Waals surface area contributed by atoms with Gasteiger partial charge in [-0.05, 0) is 25.7 Å². The van der Waals surface area contributed by atoms with Crippen LogP contribution >= 0.6 is 11.3 Å². The number of thiazole rings is 1. The molecule has 0 radical (unpaired) electrons. The van der Waals surface area contributed by atoms with Crippen LogP contribution in [-0.4, -0.2) is 37.9 Å². The van der Waals surface area contributed by atoms with Crippen LogP contribution in [0.5, 0.6) is 0 Å². The molecule has 0 bridgehead atoms. The molecule has 1 aliphatic rings. The van der Waals surface area contributed by atoms with E-state index in [0.29, 0.717) is 0 Å². The van der Waals surface area contributed by atoms with E-state index in [0.717, 1.165) is 36.5 Å². The minimum absolute atomic E-state index is 0.250. The lowest BCUT2D eigenvalue weighted by Gasteiger charge is -2.26. The first kappa shape index (κ1) is 14.8. The van der Waals surface area contributed by atoms with Crippen molar-refractivity contribution in [3.63, 3.8) is 0 Å². The number of aryl methyl sites for hydroxylation is 1. The molecule has 2 heterocycles. The van der Waals surface area contributed by atoms with Crippen LogP contribution in [0.4, 0.5) is 5.13 Å². The highest BCUT2D eigenvalue weighted by Crippen LogP contribution is 2.22. The minimum atomic E-state index is 0.250. The van der Waals surface area contributed by atoms with Gasteiger partial charge in [-0.2, -0.15) is 9.59 Å². The molecule has 0 aliphatic carbocycles. The van der Waals surface area contributed by atoms with E-state index in [4.69, 9.17) is 14.3 Å². The van der Waals surface area contributed by atoms with Crippen LogP contribution in [0.25, 0.3) is 0 Å². The van der Waals surface area contributed by atoms with E-state index in [9.17, 15) is 0 Å². The summed E-state index contributed by atoms with van der Waals surface area (Å²) in [6.45, 7) is 5.00. The predicted molar refractivity (Wildman–Crippen MR) is 68.7 cm³/mol. The largest absolute Gasteiger partial charge is 0.381 e. The van der Waals surface area contributed by atoms with Gasteiger partial charge in [0, 0.05) is 32.2 Å². The molecule has 0 unspecified atom stereocenters. The van der Waals surface area contributed by atoms with E-state index < -0.39 is 0 Å². The monoisotopic (exact) mass is 270 g/mol. The zero-order valence-corrected chi connectivity index (χ0v) is 11.5. The Morgan fingerprint density at radius 1 is 1.50 bits per heavy atom. The molecule has 100 valence electrons. The normalized spacial score (nSPS) is 15.4. The lowest BCUT2D eigenvalue weighted by molar-refractivity contribution is -0.191. The van der Waals surface area contributed by atoms with E-state index in [1.807, 2.05) is 6.92 Å². The Morgan fingerprint density at radius 2 is 2.11 bits per heavy atom. The van der Waals surface area contributed by atoms with Gasteiger partial charge in [0.1, 0.15) is 0 Å². The lowest BCUT2D eigenvalue weighted by Crippen LogP contribution is -2.29. The van der Waals surface area contributed by atoms with Crippen molar-refractivity contribution in [3.05, 3.63) is 11.1 Å². The van der Waals surface area contributed by atoms with Crippen LogP contribution in [0.3, 0.4) is 0 Å². The fourth-order valence-corrected chi connectivity index (χ4v) is 2.69. The van der Waals surface area contributed by atoms with Crippen LogP contribution in [0, 0.1) is 12.8 Å². The number of anilines is 1. The molecule has 0 amide bonds. The Hall–Kier alpha value is -1.23. The molecule has 6 heteroatoms. The highest BCUT2D eigenvalue weighted by atomic mass is 32.1. The molecule has 1 saturated heterocycles. The Bertz CT molecular complexity index is 382. The Balaban J connectivity index is 0.000000492. The second-order valence-electron chi connectivity index (χ2n) is 4.29. The van der Waals surface area contributed by atoms with Gasteiger partial charge in [-0.25, -0.2) is 4.98 Å². The molecule has 1 aromatic heterocycles. The second kappa shape index (κ2) is 7.97. The van der Waals surface area contributed by atoms with Crippen molar-refractivity contribution in [2.24, 2.45) is 5.92 Å². The summed E-state index contributed by atoms with van der Waals surface area (Å²) in [5, 5.41) is 3.24. The molecule has 1 fully saturated rings. The summed E-state index contributed by atoms with van der Waals surface area (Å²) in [6, 6.07) is 0. The summed E-state index contributed by atoms with van der Waals surface area (Å²) in [5.41, 5.74) is 1.12. The summed E-state index contributed by atoms with van der Waals surface area (Å²) >= 11 is 1.73. The number of hydrogen-bond acceptors (Lipinski definition) is 6. The van der Waals surface area contributed by atoms with Crippen molar-refractivity contribution in [3.8, 4) is 0 Å². The number of nitrogens with zero attached hydrogens (tertiary/aromatic N) is 2. The van der Waals surface area contributed by atoms with Gasteiger partial charge < -0.3 is 9.64 Å². The lowest BCUT2D eigenvalue weighted by atomic mass is 10.0. The van der Waals surface area contributed by atoms with Gasteiger partial charge in [-0.15, -0.1) is 11.3 Å². The third-order valence-electron chi connectivity index (χ3n) is 2.81. The molecule has 0 aromatic carbocycles. The van der Waals surface area contributed by atoms with Crippen LogP contribution < -0.4 is 4.90 Å². The molecular formula is C12H18N2O3S. The zero-order chi connectivity index (χ0) is 13.4. The standard InChI is InChI=1S/C11H18N2OS.CO2/c1-9-8-15-11(12-9)13(2)7-10-3-5-14-6-4-10;2-1-3/h8,10H,3-7H2,1-2H3;. The first-order valence-electron chi connectivity index (χ1n) is 5.87. The number of rotatable bonds is 3. The molecule has 5 nitrogen and oxygen atoms in total. The molecular weight excluding hydrogens is 252 g/mol. The van der Waals surface area contributed by atoms with E-state index >= 15 is 0 Å². The smallest absolute Gasteiger partial charge is 0.373 e. The topological polar surface area (TPSA) is 59.5 Å². The van der Waals surface area contributed by atoms with Crippen LogP contribution in [0.15, 0.2) is 5.38 Å². The van der Waals surface area contributed by atoms with Gasteiger partial charge in [0.25, 0.3) is 0 Å². The van der Waals surface area contributed by atoms with Crippen molar-refractivity contribution in [1.82, 2.24) is 4.98 Å². The zero-order valence-electron chi connectivity index (χ0n) is 10.7. The maximum atomic E-state index is 8.12. The summed E-state index contributed by atoms with van der Waals surface area (Å²) in [5.74, 6) is 0.771. The Labute approximate surface area is 111 Å². The maximum Gasteiger partial charge on any atom is 0.373 e. The van der Waals surface area contributed by atoms with E-state index in [-0.39, 0.29) is 6.15 Å². The fraction of sp³-hybridized carbons (Fsp3) is 0.667. The minimum Gasteiger partial charge on any atom is -0.381 e. The molecule has 1 aromatic rings. The summed E-state index contributed by atoms with van der Waals surface area (Å²) in [4.78, 5) is 23.0. The van der Waals surface area contributed by atoms with Crippen molar-refractivity contribution in [2.75, 3.05) is 31.7 Å². The van der Waals surface area contributed by atoms with Gasteiger partial charge in [0.2, 0.25) is 0 Å². The van der Waals surface area contributed by atoms with Gasteiger partial charge in [0.05, 0.1) is 5.69 Å². The van der Waals surface area contributed by atoms with Gasteiger partial charge >= 0.3 is 6.15 Å². The number of ether oxygens (including phenoxy) is 1. The number of hydrogen-bond donors (Lipinski definition) is 0. The first-order valence-corrected chi connectivity index (χ1v) is 6.75. The molecule has 0 N–H and O–H groups in total. The quantitative estimate of drug-likeness (QED) is 0.837. The number of carbonyl (C=O) groups excluding carboxylic acids is 2. The average Bonchev–Trinajstić information content (AvgIpc) is 2.78. The van der Waals surface area contributed by atoms with Crippen molar-refractivity contribution >= 4 is 22.6 Å². The SMILES string of the molecule is Cc1csc(N(C)CC2CCOCC2)n1.O=C=O.